The molecule has 0 spiro atoms. The summed E-state index contributed by atoms with van der Waals surface area (Å²) in [4.78, 5) is 0. The van der Waals surface area contributed by atoms with Crippen molar-refractivity contribution in [2.24, 2.45) is 17.1 Å². The predicted octanol–water partition coefficient (Wildman–Crippen LogP) is 1.15. The van der Waals surface area contributed by atoms with Crippen molar-refractivity contribution in [3.8, 4) is 0 Å². The van der Waals surface area contributed by atoms with Gasteiger partial charge >= 0.3 is 0 Å². The Morgan fingerprint density at radius 2 is 2.09 bits per heavy atom. The Morgan fingerprint density at radius 3 is 2.36 bits per heavy atom. The molecule has 3 fully saturated rings. The van der Waals surface area contributed by atoms with E-state index in [1.807, 2.05) is 0 Å². The largest absolute Gasteiger partial charge is 0.373 e. The highest BCUT2D eigenvalue weighted by Crippen LogP contribution is 2.60. The van der Waals surface area contributed by atoms with Crippen LogP contribution in [0.5, 0.6) is 0 Å². The van der Waals surface area contributed by atoms with Crippen LogP contribution in [0.15, 0.2) is 0 Å². The number of ether oxygens (including phenoxy) is 1. The van der Waals surface area contributed by atoms with Crippen molar-refractivity contribution in [2.75, 3.05) is 13.2 Å². The number of rotatable bonds is 2. The molecule has 3 aliphatic rings. The molecule has 0 amide bonds. The van der Waals surface area contributed by atoms with Crippen molar-refractivity contribution in [1.82, 2.24) is 0 Å². The zero-order valence-electron chi connectivity index (χ0n) is 7.39. The number of hydrogen-bond donors (Lipinski definition) is 1. The van der Waals surface area contributed by atoms with Crippen LogP contribution in [0.3, 0.4) is 0 Å². The molecule has 0 aromatic carbocycles. The Morgan fingerprint density at radius 1 is 1.45 bits per heavy atom. The minimum absolute atomic E-state index is 0.101. The molecule has 2 bridgehead atoms. The van der Waals surface area contributed by atoms with Gasteiger partial charge in [-0.15, -0.1) is 0 Å². The number of nitrogens with two attached hydrogens (primary N) is 1. The van der Waals surface area contributed by atoms with Crippen LogP contribution in [0.2, 0.25) is 0 Å². The van der Waals surface area contributed by atoms with E-state index < -0.39 is 0 Å². The van der Waals surface area contributed by atoms with Crippen molar-refractivity contribution >= 4 is 0 Å². The van der Waals surface area contributed by atoms with E-state index >= 15 is 0 Å². The molecule has 2 saturated heterocycles. The fraction of sp³-hybridized carbons (Fsp3) is 1.00. The zero-order valence-corrected chi connectivity index (χ0v) is 7.39. The smallest absolute Gasteiger partial charge is 0.0816 e. The number of hydrogen-bond acceptors (Lipinski definition) is 2. The minimum Gasteiger partial charge on any atom is -0.373 e. The van der Waals surface area contributed by atoms with E-state index in [1.54, 1.807) is 0 Å². The molecule has 64 valence electrons. The van der Waals surface area contributed by atoms with Crippen LogP contribution < -0.4 is 5.73 Å². The van der Waals surface area contributed by atoms with Crippen molar-refractivity contribution in [3.05, 3.63) is 0 Å². The van der Waals surface area contributed by atoms with Gasteiger partial charge in [0.15, 0.2) is 0 Å². The third-order valence-electron chi connectivity index (χ3n) is 3.61. The Labute approximate surface area is 68.1 Å². The molecule has 2 nitrogen and oxygen atoms in total. The highest BCUT2D eigenvalue weighted by molar-refractivity contribution is 5.12. The van der Waals surface area contributed by atoms with Crippen LogP contribution in [0, 0.1) is 11.3 Å². The monoisotopic (exact) mass is 155 g/mol. The van der Waals surface area contributed by atoms with Gasteiger partial charge in [-0.05, 0) is 18.8 Å². The van der Waals surface area contributed by atoms with Crippen LogP contribution in [-0.2, 0) is 4.74 Å². The lowest BCUT2D eigenvalue weighted by molar-refractivity contribution is -0.0173. The molecule has 0 aromatic rings. The van der Waals surface area contributed by atoms with E-state index in [2.05, 4.69) is 13.8 Å². The van der Waals surface area contributed by atoms with Gasteiger partial charge in [0.25, 0.3) is 0 Å². The van der Waals surface area contributed by atoms with Gasteiger partial charge < -0.3 is 10.5 Å². The SMILES string of the molecule is CC(C)C12COC(CN)(C1)C2. The lowest BCUT2D eigenvalue weighted by atomic mass is 9.57. The van der Waals surface area contributed by atoms with Gasteiger partial charge in [0.05, 0.1) is 12.2 Å². The molecule has 0 unspecified atom stereocenters. The average molecular weight is 155 g/mol. The maximum Gasteiger partial charge on any atom is 0.0816 e. The third kappa shape index (κ3) is 0.798. The molecule has 2 N–H and O–H groups in total. The lowest BCUT2D eigenvalue weighted by Crippen LogP contribution is -2.51. The Hall–Kier alpha value is -0.0800. The first-order valence-electron chi connectivity index (χ1n) is 4.47. The van der Waals surface area contributed by atoms with Gasteiger partial charge in [-0.25, -0.2) is 0 Å². The highest BCUT2D eigenvalue weighted by Gasteiger charge is 2.62. The van der Waals surface area contributed by atoms with Crippen LogP contribution in [0.25, 0.3) is 0 Å². The van der Waals surface area contributed by atoms with Crippen molar-refractivity contribution in [1.29, 1.82) is 0 Å². The standard InChI is InChI=1S/C9H17NO/c1-7(2)8-3-9(4-8,5-10)11-6-8/h7H,3-6,10H2,1-2H3. The molecule has 11 heavy (non-hydrogen) atoms. The van der Waals surface area contributed by atoms with E-state index in [9.17, 15) is 0 Å². The molecule has 0 radical (unpaired) electrons. The molecule has 0 aromatic heterocycles. The Bertz CT molecular complexity index is 170. The first-order valence-corrected chi connectivity index (χ1v) is 4.47. The molecular formula is C9H17NO. The van der Waals surface area contributed by atoms with Gasteiger partial charge in [-0.2, -0.15) is 0 Å². The fourth-order valence-corrected chi connectivity index (χ4v) is 2.51. The second-order valence-corrected chi connectivity index (χ2v) is 4.55. The van der Waals surface area contributed by atoms with Gasteiger partial charge in [0.1, 0.15) is 0 Å². The number of fused-ring (bicyclic) bond motifs is 1. The predicted molar refractivity (Wildman–Crippen MR) is 44.2 cm³/mol. The van der Waals surface area contributed by atoms with Crippen molar-refractivity contribution < 1.29 is 4.74 Å². The Kier molecular flexibility index (Phi) is 1.37. The average Bonchev–Trinajstić information content (AvgIpc) is 2.39. The van der Waals surface area contributed by atoms with E-state index in [0.717, 1.165) is 12.5 Å². The molecular weight excluding hydrogens is 138 g/mol. The summed E-state index contributed by atoms with van der Waals surface area (Å²) in [5.74, 6) is 0.754. The summed E-state index contributed by atoms with van der Waals surface area (Å²) in [6.45, 7) is 6.23. The van der Waals surface area contributed by atoms with Crippen LogP contribution >= 0.6 is 0 Å². The summed E-state index contributed by atoms with van der Waals surface area (Å²) >= 11 is 0. The summed E-state index contributed by atoms with van der Waals surface area (Å²) in [7, 11) is 0. The van der Waals surface area contributed by atoms with E-state index in [1.165, 1.54) is 12.8 Å². The zero-order chi connectivity index (χ0) is 8.11. The summed E-state index contributed by atoms with van der Waals surface area (Å²) < 4.78 is 5.70. The second kappa shape index (κ2) is 1.99. The van der Waals surface area contributed by atoms with E-state index in [-0.39, 0.29) is 5.60 Å². The fourth-order valence-electron chi connectivity index (χ4n) is 2.51. The molecule has 1 saturated carbocycles. The van der Waals surface area contributed by atoms with E-state index in [0.29, 0.717) is 12.0 Å². The summed E-state index contributed by atoms with van der Waals surface area (Å²) in [6.07, 6.45) is 2.41. The molecule has 2 heteroatoms. The Balaban J connectivity index is 2.08. The van der Waals surface area contributed by atoms with Gasteiger partial charge in [-0.1, -0.05) is 13.8 Å². The molecule has 3 rings (SSSR count). The van der Waals surface area contributed by atoms with Crippen LogP contribution in [0.1, 0.15) is 26.7 Å². The minimum atomic E-state index is 0.101. The highest BCUT2D eigenvalue weighted by atomic mass is 16.5. The summed E-state index contributed by atoms with van der Waals surface area (Å²) in [5.41, 5.74) is 6.24. The van der Waals surface area contributed by atoms with Gasteiger partial charge in [0, 0.05) is 12.0 Å². The molecule has 1 aliphatic carbocycles. The summed E-state index contributed by atoms with van der Waals surface area (Å²) in [5, 5.41) is 0. The van der Waals surface area contributed by atoms with E-state index in [4.69, 9.17) is 10.5 Å². The first-order chi connectivity index (χ1) is 5.13. The topological polar surface area (TPSA) is 35.2 Å². The maximum atomic E-state index is 5.70. The maximum absolute atomic E-state index is 5.70. The third-order valence-corrected chi connectivity index (χ3v) is 3.61. The molecule has 2 heterocycles. The van der Waals surface area contributed by atoms with Gasteiger partial charge in [0.2, 0.25) is 0 Å². The second-order valence-electron chi connectivity index (χ2n) is 4.55. The van der Waals surface area contributed by atoms with Crippen molar-refractivity contribution in [2.45, 2.75) is 32.3 Å². The van der Waals surface area contributed by atoms with Crippen molar-refractivity contribution in [3.63, 3.8) is 0 Å². The molecule has 2 aliphatic heterocycles. The van der Waals surface area contributed by atoms with Crippen LogP contribution in [0.4, 0.5) is 0 Å². The summed E-state index contributed by atoms with van der Waals surface area (Å²) in [6, 6.07) is 0. The lowest BCUT2D eigenvalue weighted by Gasteiger charge is -2.46. The van der Waals surface area contributed by atoms with Gasteiger partial charge in [-0.3, -0.25) is 0 Å². The quantitative estimate of drug-likeness (QED) is 0.649. The molecule has 0 atom stereocenters. The normalized spacial score (nSPS) is 48.0. The first kappa shape index (κ1) is 7.56. The van der Waals surface area contributed by atoms with Crippen LogP contribution in [-0.4, -0.2) is 18.8 Å².